The number of benzene rings is 1. The Morgan fingerprint density at radius 3 is 2.53 bits per heavy atom. The van der Waals surface area contributed by atoms with Crippen molar-refractivity contribution in [1.29, 1.82) is 0 Å². The van der Waals surface area contributed by atoms with E-state index < -0.39 is 11.8 Å². The maximum Gasteiger partial charge on any atom is 0.167 e. The Morgan fingerprint density at radius 1 is 1.29 bits per heavy atom. The van der Waals surface area contributed by atoms with Gasteiger partial charge in [0.15, 0.2) is 11.5 Å². The van der Waals surface area contributed by atoms with E-state index in [-0.39, 0.29) is 0 Å². The summed E-state index contributed by atoms with van der Waals surface area (Å²) in [6, 6.07) is 3.28. The predicted molar refractivity (Wildman–Crippen MR) is 62.2 cm³/mol. The SMILES string of the molecule is CC(O)c1cc(C(C)(C)F)cc2c1OCCO2. The zero-order valence-corrected chi connectivity index (χ0v) is 10.3. The fraction of sp³-hybridized carbons (Fsp3) is 0.538. The van der Waals surface area contributed by atoms with Gasteiger partial charge in [0.2, 0.25) is 0 Å². The van der Waals surface area contributed by atoms with Crippen molar-refractivity contribution in [3.63, 3.8) is 0 Å². The van der Waals surface area contributed by atoms with E-state index in [1.54, 1.807) is 19.1 Å². The van der Waals surface area contributed by atoms with E-state index in [0.717, 1.165) is 0 Å². The van der Waals surface area contributed by atoms with Crippen molar-refractivity contribution in [2.24, 2.45) is 0 Å². The monoisotopic (exact) mass is 240 g/mol. The molecule has 0 fully saturated rings. The van der Waals surface area contributed by atoms with Gasteiger partial charge >= 0.3 is 0 Å². The normalized spacial score (nSPS) is 16.8. The molecule has 0 amide bonds. The quantitative estimate of drug-likeness (QED) is 0.863. The van der Waals surface area contributed by atoms with Crippen LogP contribution >= 0.6 is 0 Å². The summed E-state index contributed by atoms with van der Waals surface area (Å²) >= 11 is 0. The number of hydrogen-bond acceptors (Lipinski definition) is 3. The fourth-order valence-corrected chi connectivity index (χ4v) is 1.83. The summed E-state index contributed by atoms with van der Waals surface area (Å²) < 4.78 is 24.9. The van der Waals surface area contributed by atoms with Crippen LogP contribution in [0.25, 0.3) is 0 Å². The van der Waals surface area contributed by atoms with Gasteiger partial charge in [-0.25, -0.2) is 4.39 Å². The van der Waals surface area contributed by atoms with Crippen LogP contribution in [0.5, 0.6) is 11.5 Å². The summed E-state index contributed by atoms with van der Waals surface area (Å²) in [5, 5.41) is 9.71. The summed E-state index contributed by atoms with van der Waals surface area (Å²) in [5.74, 6) is 1.04. The molecular weight excluding hydrogens is 223 g/mol. The first kappa shape index (κ1) is 12.2. The third-order valence-corrected chi connectivity index (χ3v) is 2.81. The number of aliphatic hydroxyl groups excluding tert-OH is 1. The van der Waals surface area contributed by atoms with Crippen LogP contribution < -0.4 is 9.47 Å². The van der Waals surface area contributed by atoms with Crippen LogP contribution in [0.4, 0.5) is 4.39 Å². The maximum absolute atomic E-state index is 14.0. The maximum atomic E-state index is 14.0. The van der Waals surface area contributed by atoms with Crippen molar-refractivity contribution in [2.45, 2.75) is 32.5 Å². The van der Waals surface area contributed by atoms with E-state index >= 15 is 0 Å². The second-order valence-corrected chi connectivity index (χ2v) is 4.74. The molecule has 1 N–H and O–H groups in total. The molecule has 0 aromatic heterocycles. The molecule has 0 bridgehead atoms. The van der Waals surface area contributed by atoms with Gasteiger partial charge in [0.1, 0.15) is 18.9 Å². The molecule has 4 heteroatoms. The number of rotatable bonds is 2. The molecule has 0 spiro atoms. The number of halogens is 1. The molecule has 0 radical (unpaired) electrons. The van der Waals surface area contributed by atoms with Crippen molar-refractivity contribution in [3.05, 3.63) is 23.3 Å². The third kappa shape index (κ3) is 2.36. The third-order valence-electron chi connectivity index (χ3n) is 2.81. The van der Waals surface area contributed by atoms with Gasteiger partial charge < -0.3 is 14.6 Å². The highest BCUT2D eigenvalue weighted by molar-refractivity contribution is 5.52. The zero-order valence-electron chi connectivity index (χ0n) is 10.3. The van der Waals surface area contributed by atoms with Gasteiger partial charge in [-0.15, -0.1) is 0 Å². The Labute approximate surface area is 100 Å². The zero-order chi connectivity index (χ0) is 12.6. The first-order chi connectivity index (χ1) is 7.89. The van der Waals surface area contributed by atoms with E-state index in [4.69, 9.17) is 9.47 Å². The number of fused-ring (bicyclic) bond motifs is 1. The Morgan fingerprint density at radius 2 is 1.94 bits per heavy atom. The Hall–Kier alpha value is -1.29. The van der Waals surface area contributed by atoms with Gasteiger partial charge in [-0.05, 0) is 38.5 Å². The Balaban J connectivity index is 2.56. The topological polar surface area (TPSA) is 38.7 Å². The van der Waals surface area contributed by atoms with E-state index in [9.17, 15) is 9.50 Å². The van der Waals surface area contributed by atoms with Crippen LogP contribution in [0.3, 0.4) is 0 Å². The van der Waals surface area contributed by atoms with E-state index in [1.165, 1.54) is 13.8 Å². The summed E-state index contributed by atoms with van der Waals surface area (Å²) in [5.41, 5.74) is -0.417. The fourth-order valence-electron chi connectivity index (χ4n) is 1.83. The lowest BCUT2D eigenvalue weighted by atomic mass is 9.95. The lowest BCUT2D eigenvalue weighted by Crippen LogP contribution is -2.19. The molecule has 1 heterocycles. The lowest BCUT2D eigenvalue weighted by molar-refractivity contribution is 0.151. The molecule has 0 aliphatic carbocycles. The minimum absolute atomic E-state index is 0.447. The van der Waals surface area contributed by atoms with E-state index in [2.05, 4.69) is 0 Å². The van der Waals surface area contributed by atoms with Gasteiger partial charge in [0.05, 0.1) is 6.10 Å². The molecule has 2 rings (SSSR count). The van der Waals surface area contributed by atoms with Crippen LogP contribution in [0.2, 0.25) is 0 Å². The first-order valence-electron chi connectivity index (χ1n) is 5.70. The van der Waals surface area contributed by atoms with Gasteiger partial charge in [-0.1, -0.05) is 0 Å². The van der Waals surface area contributed by atoms with Gasteiger partial charge in [-0.2, -0.15) is 0 Å². The van der Waals surface area contributed by atoms with Crippen molar-refractivity contribution < 1.29 is 19.0 Å². The van der Waals surface area contributed by atoms with Crippen molar-refractivity contribution in [2.75, 3.05) is 13.2 Å². The standard InChI is InChI=1S/C13H17FO3/c1-8(15)10-6-9(13(2,3)14)7-11-12(10)17-5-4-16-11/h6-8,15H,4-5H2,1-3H3. The van der Waals surface area contributed by atoms with Gasteiger partial charge in [-0.3, -0.25) is 0 Å². The molecule has 3 nitrogen and oxygen atoms in total. The second-order valence-electron chi connectivity index (χ2n) is 4.74. The summed E-state index contributed by atoms with van der Waals surface area (Å²) in [6.07, 6.45) is -0.715. The molecule has 94 valence electrons. The Kier molecular flexibility index (Phi) is 3.00. The van der Waals surface area contributed by atoms with E-state index in [0.29, 0.717) is 35.8 Å². The largest absolute Gasteiger partial charge is 0.486 e. The average molecular weight is 240 g/mol. The number of aliphatic hydroxyl groups is 1. The highest BCUT2D eigenvalue weighted by Crippen LogP contribution is 2.41. The second kappa shape index (κ2) is 4.18. The summed E-state index contributed by atoms with van der Waals surface area (Å²) in [6.45, 7) is 5.48. The molecule has 17 heavy (non-hydrogen) atoms. The lowest BCUT2D eigenvalue weighted by Gasteiger charge is -2.25. The minimum atomic E-state index is -1.47. The van der Waals surface area contributed by atoms with E-state index in [1.807, 2.05) is 0 Å². The first-order valence-corrected chi connectivity index (χ1v) is 5.70. The molecule has 1 aliphatic heterocycles. The van der Waals surface area contributed by atoms with Crippen LogP contribution in [0, 0.1) is 0 Å². The number of hydrogen-bond donors (Lipinski definition) is 1. The molecule has 0 saturated carbocycles. The average Bonchev–Trinajstić information content (AvgIpc) is 2.26. The smallest absolute Gasteiger partial charge is 0.167 e. The molecule has 1 aromatic rings. The van der Waals surface area contributed by atoms with Crippen LogP contribution in [0.1, 0.15) is 38.0 Å². The number of ether oxygens (including phenoxy) is 2. The predicted octanol–water partition coefficient (Wildman–Crippen LogP) is 2.72. The van der Waals surface area contributed by atoms with Crippen LogP contribution in [-0.4, -0.2) is 18.3 Å². The van der Waals surface area contributed by atoms with Crippen molar-refractivity contribution in [3.8, 4) is 11.5 Å². The van der Waals surface area contributed by atoms with Gasteiger partial charge in [0.25, 0.3) is 0 Å². The molecule has 1 unspecified atom stereocenters. The molecule has 0 saturated heterocycles. The summed E-state index contributed by atoms with van der Waals surface area (Å²) in [4.78, 5) is 0. The molecule has 1 aromatic carbocycles. The number of alkyl halides is 1. The summed E-state index contributed by atoms with van der Waals surface area (Å²) in [7, 11) is 0. The highest BCUT2D eigenvalue weighted by atomic mass is 19.1. The Bertz CT molecular complexity index is 421. The van der Waals surface area contributed by atoms with Crippen LogP contribution in [0.15, 0.2) is 12.1 Å². The van der Waals surface area contributed by atoms with Gasteiger partial charge in [0, 0.05) is 5.56 Å². The van der Waals surface area contributed by atoms with Crippen LogP contribution in [-0.2, 0) is 5.67 Å². The molecular formula is C13H17FO3. The van der Waals surface area contributed by atoms with Crippen molar-refractivity contribution in [1.82, 2.24) is 0 Å². The molecule has 1 atom stereocenters. The minimum Gasteiger partial charge on any atom is -0.486 e. The molecule has 1 aliphatic rings. The highest BCUT2D eigenvalue weighted by Gasteiger charge is 2.26. The van der Waals surface area contributed by atoms with Crippen molar-refractivity contribution >= 4 is 0 Å².